The molecule has 6 nitrogen and oxygen atoms in total. The lowest BCUT2D eigenvalue weighted by Crippen LogP contribution is -2.30. The maximum absolute atomic E-state index is 12.9. The fourth-order valence-corrected chi connectivity index (χ4v) is 8.27. The van der Waals surface area contributed by atoms with Gasteiger partial charge in [-0.25, -0.2) is 0 Å². The number of rotatable bonds is 56. The van der Waals surface area contributed by atoms with E-state index in [-0.39, 0.29) is 37.5 Å². The van der Waals surface area contributed by atoms with Gasteiger partial charge in [-0.1, -0.05) is 262 Å². The third kappa shape index (κ3) is 63.7. The zero-order valence-electron chi connectivity index (χ0n) is 50.8. The number of hydrogen-bond donors (Lipinski definition) is 0. The van der Waals surface area contributed by atoms with Crippen LogP contribution in [0.25, 0.3) is 0 Å². The van der Waals surface area contributed by atoms with Crippen LogP contribution in [0.15, 0.2) is 158 Å². The monoisotopic (exact) mass is 1090 g/mol. The van der Waals surface area contributed by atoms with E-state index in [4.69, 9.17) is 14.2 Å². The average molecular weight is 1090 g/mol. The standard InChI is InChI=1S/C73H116O6/c1-4-7-10-13-16-19-22-25-27-29-30-31-32-33-34-35-36-37-38-39-40-41-42-44-45-48-51-54-57-60-63-66-72(75)78-69-70(68-77-71(74)65-62-59-56-53-50-47-24-21-18-15-12-9-6-3)79-73(76)67-64-61-58-55-52-49-46-43-28-26-23-20-17-14-11-8-5-2/h7-8,10-12,15-17,19-21,24-28,30-31,33-34,36-37,39-40,46,49,70H,4-6,9,13-14,18,22-23,29,32,35,38,41-45,47-48,50-69H2,1-3H3/b10-7-,11-8-,15-12-,19-16-,20-17-,24-21-,27-25-,28-26-,31-30-,34-33-,37-36-,40-39-,49-46-. The van der Waals surface area contributed by atoms with Crippen LogP contribution >= 0.6 is 0 Å². The molecule has 0 aromatic rings. The molecule has 0 N–H and O–H groups in total. The number of allylic oxidation sites excluding steroid dienone is 26. The largest absolute Gasteiger partial charge is 0.462 e. The van der Waals surface area contributed by atoms with E-state index in [9.17, 15) is 14.4 Å². The summed E-state index contributed by atoms with van der Waals surface area (Å²) in [6.45, 7) is 6.31. The minimum Gasteiger partial charge on any atom is -0.462 e. The van der Waals surface area contributed by atoms with Crippen molar-refractivity contribution in [3.05, 3.63) is 158 Å². The van der Waals surface area contributed by atoms with Gasteiger partial charge in [-0.05, 0) is 141 Å². The summed E-state index contributed by atoms with van der Waals surface area (Å²) in [6.07, 6.45) is 95.3. The maximum atomic E-state index is 12.9. The van der Waals surface area contributed by atoms with Crippen molar-refractivity contribution >= 4 is 17.9 Å². The van der Waals surface area contributed by atoms with Crippen molar-refractivity contribution in [3.63, 3.8) is 0 Å². The van der Waals surface area contributed by atoms with Crippen LogP contribution in [0.4, 0.5) is 0 Å². The van der Waals surface area contributed by atoms with E-state index < -0.39 is 6.10 Å². The first kappa shape index (κ1) is 74.0. The van der Waals surface area contributed by atoms with Crippen LogP contribution < -0.4 is 0 Å². The minimum absolute atomic E-state index is 0.102. The van der Waals surface area contributed by atoms with Gasteiger partial charge in [-0.2, -0.15) is 0 Å². The molecule has 0 aromatic heterocycles. The number of carbonyl (C=O) groups is 3. The first-order valence-electron chi connectivity index (χ1n) is 32.0. The molecule has 444 valence electrons. The van der Waals surface area contributed by atoms with Gasteiger partial charge in [-0.3, -0.25) is 14.4 Å². The summed E-state index contributed by atoms with van der Waals surface area (Å²) >= 11 is 0. The Balaban J connectivity index is 4.34. The maximum Gasteiger partial charge on any atom is 0.306 e. The first-order valence-corrected chi connectivity index (χ1v) is 32.0. The second-order valence-electron chi connectivity index (χ2n) is 20.5. The van der Waals surface area contributed by atoms with Gasteiger partial charge in [0, 0.05) is 19.3 Å². The van der Waals surface area contributed by atoms with Gasteiger partial charge in [0.1, 0.15) is 13.2 Å². The zero-order valence-corrected chi connectivity index (χ0v) is 50.8. The Morgan fingerprint density at radius 3 is 0.772 bits per heavy atom. The molecule has 0 heterocycles. The summed E-state index contributed by atoms with van der Waals surface area (Å²) in [4.78, 5) is 38.3. The van der Waals surface area contributed by atoms with Gasteiger partial charge in [0.2, 0.25) is 0 Å². The van der Waals surface area contributed by atoms with Crippen molar-refractivity contribution in [2.45, 2.75) is 271 Å². The first-order chi connectivity index (χ1) is 39.0. The van der Waals surface area contributed by atoms with Crippen LogP contribution in [0, 0.1) is 0 Å². The van der Waals surface area contributed by atoms with Gasteiger partial charge in [0.05, 0.1) is 0 Å². The number of esters is 3. The van der Waals surface area contributed by atoms with Crippen LogP contribution in [0.1, 0.15) is 265 Å². The third-order valence-corrected chi connectivity index (χ3v) is 13.0. The highest BCUT2D eigenvalue weighted by Gasteiger charge is 2.19. The van der Waals surface area contributed by atoms with E-state index in [0.717, 1.165) is 180 Å². The Morgan fingerprint density at radius 1 is 0.266 bits per heavy atom. The van der Waals surface area contributed by atoms with Crippen LogP contribution in [0.3, 0.4) is 0 Å². The number of unbranched alkanes of at least 4 members (excludes halogenated alkanes) is 19. The molecule has 0 spiro atoms. The van der Waals surface area contributed by atoms with Crippen LogP contribution in [-0.2, 0) is 28.6 Å². The van der Waals surface area contributed by atoms with Crippen LogP contribution in [-0.4, -0.2) is 37.2 Å². The van der Waals surface area contributed by atoms with Gasteiger partial charge in [0.15, 0.2) is 6.10 Å². The van der Waals surface area contributed by atoms with Gasteiger partial charge in [0.25, 0.3) is 0 Å². The molecule has 0 rings (SSSR count). The van der Waals surface area contributed by atoms with Crippen molar-refractivity contribution in [2.24, 2.45) is 0 Å². The summed E-state index contributed by atoms with van der Waals surface area (Å²) in [6, 6.07) is 0. The topological polar surface area (TPSA) is 78.9 Å². The van der Waals surface area contributed by atoms with Crippen molar-refractivity contribution in [1.29, 1.82) is 0 Å². The summed E-state index contributed by atoms with van der Waals surface area (Å²) in [5, 5.41) is 0. The Bertz CT molecular complexity index is 1780. The summed E-state index contributed by atoms with van der Waals surface area (Å²) < 4.78 is 16.9. The quantitative estimate of drug-likeness (QED) is 0.0261. The fraction of sp³-hybridized carbons (Fsp3) is 0.603. The van der Waals surface area contributed by atoms with Crippen LogP contribution in [0.5, 0.6) is 0 Å². The minimum atomic E-state index is -0.807. The van der Waals surface area contributed by atoms with Crippen molar-refractivity contribution < 1.29 is 28.6 Å². The fourth-order valence-electron chi connectivity index (χ4n) is 8.27. The molecule has 0 aliphatic rings. The van der Waals surface area contributed by atoms with Gasteiger partial charge < -0.3 is 14.2 Å². The SMILES string of the molecule is CC/C=C\C/C=C\C/C=C\C/C=C\C/C=C\C/C=C\C/C=C\CCCCCCCCCCCC(=O)OCC(COC(=O)CCCCCCC/C=C\C/C=C\CCC)OC(=O)CCCCCC/C=C\C/C=C\C/C=C\C/C=C\CC. The van der Waals surface area contributed by atoms with E-state index in [0.29, 0.717) is 12.8 Å². The molecule has 79 heavy (non-hydrogen) atoms. The Hall–Kier alpha value is -4.97. The molecule has 0 aliphatic heterocycles. The molecule has 0 bridgehead atoms. The highest BCUT2D eigenvalue weighted by Crippen LogP contribution is 2.14. The smallest absolute Gasteiger partial charge is 0.306 e. The van der Waals surface area contributed by atoms with E-state index >= 15 is 0 Å². The highest BCUT2D eigenvalue weighted by atomic mass is 16.6. The summed E-state index contributed by atoms with van der Waals surface area (Å²) in [5.74, 6) is -0.949. The molecule has 0 amide bonds. The molecule has 0 aliphatic carbocycles. The lowest BCUT2D eigenvalue weighted by molar-refractivity contribution is -0.167. The molecule has 1 unspecified atom stereocenters. The molecule has 0 saturated carbocycles. The van der Waals surface area contributed by atoms with E-state index in [1.54, 1.807) is 0 Å². The molecule has 1 atom stereocenters. The summed E-state index contributed by atoms with van der Waals surface area (Å²) in [7, 11) is 0. The van der Waals surface area contributed by atoms with Gasteiger partial charge >= 0.3 is 17.9 Å². The van der Waals surface area contributed by atoms with Gasteiger partial charge in [-0.15, -0.1) is 0 Å². The number of hydrogen-bond acceptors (Lipinski definition) is 6. The van der Waals surface area contributed by atoms with Crippen molar-refractivity contribution in [1.82, 2.24) is 0 Å². The Morgan fingerprint density at radius 2 is 0.494 bits per heavy atom. The van der Waals surface area contributed by atoms with E-state index in [1.807, 2.05) is 0 Å². The lowest BCUT2D eigenvalue weighted by Gasteiger charge is -2.18. The predicted octanol–water partition coefficient (Wildman–Crippen LogP) is 22.1. The molecule has 0 fully saturated rings. The Kier molecular flexibility index (Phi) is 61.4. The predicted molar refractivity (Wildman–Crippen MR) is 343 cm³/mol. The second-order valence-corrected chi connectivity index (χ2v) is 20.5. The summed E-state index contributed by atoms with van der Waals surface area (Å²) in [5.41, 5.74) is 0. The molecule has 0 saturated heterocycles. The van der Waals surface area contributed by atoms with Crippen molar-refractivity contribution in [3.8, 4) is 0 Å². The average Bonchev–Trinajstić information content (AvgIpc) is 3.45. The molecular formula is C73H116O6. The van der Waals surface area contributed by atoms with E-state index in [1.165, 1.54) is 44.9 Å². The molecule has 6 heteroatoms. The molecule has 0 aromatic carbocycles. The highest BCUT2D eigenvalue weighted by molar-refractivity contribution is 5.71. The number of carbonyl (C=O) groups excluding carboxylic acids is 3. The Labute approximate surface area is 486 Å². The van der Waals surface area contributed by atoms with Crippen LogP contribution in [0.2, 0.25) is 0 Å². The van der Waals surface area contributed by atoms with E-state index in [2.05, 4.69) is 179 Å². The van der Waals surface area contributed by atoms with Crippen molar-refractivity contribution in [2.75, 3.05) is 13.2 Å². The molecule has 0 radical (unpaired) electrons. The lowest BCUT2D eigenvalue weighted by atomic mass is 10.1. The third-order valence-electron chi connectivity index (χ3n) is 13.0. The second kappa shape index (κ2) is 65.5. The molecular weight excluding hydrogens is 973 g/mol. The normalized spacial score (nSPS) is 13.2. The number of ether oxygens (including phenoxy) is 3. The zero-order chi connectivity index (χ0) is 57.1.